The number of nitrogens with two attached hydrogens (primary N) is 1. The predicted octanol–water partition coefficient (Wildman–Crippen LogP) is 4.02. The Labute approximate surface area is 107 Å². The first-order valence-electron chi connectivity index (χ1n) is 6.06. The zero-order chi connectivity index (χ0) is 12.4. The molecule has 0 aliphatic carbocycles. The van der Waals surface area contributed by atoms with E-state index in [1.54, 1.807) is 0 Å². The van der Waals surface area contributed by atoms with Crippen molar-refractivity contribution >= 4 is 28.6 Å². The lowest BCUT2D eigenvalue weighted by molar-refractivity contribution is 0.501. The van der Waals surface area contributed by atoms with Gasteiger partial charge in [-0.3, -0.25) is 0 Å². The quantitative estimate of drug-likeness (QED) is 0.892. The fraction of sp³-hybridized carbons (Fsp3) is 0.462. The SMILES string of the molecule is CCCCC(C)n1c(N)nc2cc(Cl)ccc21. The van der Waals surface area contributed by atoms with Crippen molar-refractivity contribution in [3.05, 3.63) is 23.2 Å². The van der Waals surface area contributed by atoms with Gasteiger partial charge in [-0.05, 0) is 31.5 Å². The van der Waals surface area contributed by atoms with E-state index in [0.29, 0.717) is 17.0 Å². The van der Waals surface area contributed by atoms with Crippen LogP contribution in [0.25, 0.3) is 11.0 Å². The van der Waals surface area contributed by atoms with Crippen molar-refractivity contribution in [3.8, 4) is 0 Å². The van der Waals surface area contributed by atoms with E-state index in [1.165, 1.54) is 12.8 Å². The molecule has 0 radical (unpaired) electrons. The Kier molecular flexibility index (Phi) is 3.57. The summed E-state index contributed by atoms with van der Waals surface area (Å²) < 4.78 is 2.10. The highest BCUT2D eigenvalue weighted by Crippen LogP contribution is 2.27. The van der Waals surface area contributed by atoms with Gasteiger partial charge < -0.3 is 10.3 Å². The summed E-state index contributed by atoms with van der Waals surface area (Å²) in [6.45, 7) is 4.38. The molecule has 1 heterocycles. The Bertz CT molecular complexity index is 519. The summed E-state index contributed by atoms with van der Waals surface area (Å²) in [5.41, 5.74) is 7.92. The molecule has 1 aromatic heterocycles. The topological polar surface area (TPSA) is 43.8 Å². The van der Waals surface area contributed by atoms with Crippen LogP contribution in [0.3, 0.4) is 0 Å². The molecular formula is C13H18ClN3. The van der Waals surface area contributed by atoms with Crippen LogP contribution < -0.4 is 5.73 Å². The maximum Gasteiger partial charge on any atom is 0.201 e. The summed E-state index contributed by atoms with van der Waals surface area (Å²) in [7, 11) is 0. The first kappa shape index (κ1) is 12.2. The van der Waals surface area contributed by atoms with Gasteiger partial charge >= 0.3 is 0 Å². The third-order valence-corrected chi connectivity index (χ3v) is 3.33. The van der Waals surface area contributed by atoms with Crippen LogP contribution in [-0.4, -0.2) is 9.55 Å². The van der Waals surface area contributed by atoms with Gasteiger partial charge in [-0.25, -0.2) is 4.98 Å². The van der Waals surface area contributed by atoms with Crippen LogP contribution in [0.2, 0.25) is 5.02 Å². The molecule has 0 aliphatic rings. The van der Waals surface area contributed by atoms with Crippen molar-refractivity contribution in [2.75, 3.05) is 5.73 Å². The van der Waals surface area contributed by atoms with E-state index in [0.717, 1.165) is 17.5 Å². The highest BCUT2D eigenvalue weighted by Gasteiger charge is 2.13. The number of fused-ring (bicyclic) bond motifs is 1. The summed E-state index contributed by atoms with van der Waals surface area (Å²) in [6, 6.07) is 6.11. The molecule has 1 aromatic carbocycles. The second-order valence-corrected chi connectivity index (χ2v) is 4.90. The number of hydrogen-bond donors (Lipinski definition) is 1. The largest absolute Gasteiger partial charge is 0.369 e. The molecule has 0 spiro atoms. The normalized spacial score (nSPS) is 13.1. The van der Waals surface area contributed by atoms with E-state index in [1.807, 2.05) is 18.2 Å². The van der Waals surface area contributed by atoms with Crippen molar-refractivity contribution < 1.29 is 0 Å². The summed E-state index contributed by atoms with van der Waals surface area (Å²) >= 11 is 5.95. The third kappa shape index (κ3) is 2.39. The maximum atomic E-state index is 5.98. The predicted molar refractivity (Wildman–Crippen MR) is 73.4 cm³/mol. The standard InChI is InChI=1S/C13H18ClN3/c1-3-4-5-9(2)17-12-7-6-10(14)8-11(12)16-13(17)15/h6-9H,3-5H2,1-2H3,(H2,15,16). The molecule has 0 saturated carbocycles. The number of benzene rings is 1. The smallest absolute Gasteiger partial charge is 0.201 e. The monoisotopic (exact) mass is 251 g/mol. The second-order valence-electron chi connectivity index (χ2n) is 4.46. The van der Waals surface area contributed by atoms with E-state index in [4.69, 9.17) is 17.3 Å². The number of unbranched alkanes of at least 4 members (excludes halogenated alkanes) is 1. The minimum atomic E-state index is 0.376. The molecule has 0 aliphatic heterocycles. The van der Waals surface area contributed by atoms with Gasteiger partial charge in [0.25, 0.3) is 0 Å². The molecule has 17 heavy (non-hydrogen) atoms. The first-order chi connectivity index (χ1) is 8.13. The van der Waals surface area contributed by atoms with Crippen LogP contribution in [0.1, 0.15) is 39.2 Å². The summed E-state index contributed by atoms with van der Waals surface area (Å²) in [5.74, 6) is 0.575. The van der Waals surface area contributed by atoms with Crippen LogP contribution in [0.4, 0.5) is 5.95 Å². The molecule has 3 nitrogen and oxygen atoms in total. The van der Waals surface area contributed by atoms with Gasteiger partial charge in [0.2, 0.25) is 5.95 Å². The number of nitrogens with zero attached hydrogens (tertiary/aromatic N) is 2. The molecule has 1 unspecified atom stereocenters. The van der Waals surface area contributed by atoms with Crippen LogP contribution >= 0.6 is 11.6 Å². The Morgan fingerprint density at radius 1 is 1.47 bits per heavy atom. The molecule has 92 valence electrons. The van der Waals surface area contributed by atoms with E-state index in [9.17, 15) is 0 Å². The van der Waals surface area contributed by atoms with Crippen molar-refractivity contribution in [2.24, 2.45) is 0 Å². The highest BCUT2D eigenvalue weighted by molar-refractivity contribution is 6.31. The Hall–Kier alpha value is -1.22. The molecule has 0 bridgehead atoms. The summed E-state index contributed by atoms with van der Waals surface area (Å²) in [5, 5.41) is 0.698. The Morgan fingerprint density at radius 3 is 2.94 bits per heavy atom. The fourth-order valence-corrected chi connectivity index (χ4v) is 2.35. The average Bonchev–Trinajstić information content (AvgIpc) is 2.61. The summed E-state index contributed by atoms with van der Waals surface area (Å²) in [4.78, 5) is 4.36. The second kappa shape index (κ2) is 4.96. The molecule has 0 saturated heterocycles. The van der Waals surface area contributed by atoms with Gasteiger partial charge in [0, 0.05) is 11.1 Å². The van der Waals surface area contributed by atoms with Crippen molar-refractivity contribution in [2.45, 2.75) is 39.2 Å². The van der Waals surface area contributed by atoms with E-state index < -0.39 is 0 Å². The molecular weight excluding hydrogens is 234 g/mol. The van der Waals surface area contributed by atoms with Gasteiger partial charge in [0.05, 0.1) is 11.0 Å². The lowest BCUT2D eigenvalue weighted by atomic mass is 10.1. The van der Waals surface area contributed by atoms with E-state index >= 15 is 0 Å². The fourth-order valence-electron chi connectivity index (χ4n) is 2.18. The van der Waals surface area contributed by atoms with Crippen LogP contribution in [-0.2, 0) is 0 Å². The van der Waals surface area contributed by atoms with E-state index in [-0.39, 0.29) is 0 Å². The number of rotatable bonds is 4. The first-order valence-corrected chi connectivity index (χ1v) is 6.44. The zero-order valence-corrected chi connectivity index (χ0v) is 11.0. The zero-order valence-electron chi connectivity index (χ0n) is 10.3. The van der Waals surface area contributed by atoms with Gasteiger partial charge in [-0.15, -0.1) is 0 Å². The Morgan fingerprint density at radius 2 is 2.24 bits per heavy atom. The molecule has 0 fully saturated rings. The average molecular weight is 252 g/mol. The van der Waals surface area contributed by atoms with Crippen LogP contribution in [0.15, 0.2) is 18.2 Å². The van der Waals surface area contributed by atoms with Gasteiger partial charge in [0.1, 0.15) is 0 Å². The number of hydrogen-bond acceptors (Lipinski definition) is 2. The highest BCUT2D eigenvalue weighted by atomic mass is 35.5. The lowest BCUT2D eigenvalue weighted by Crippen LogP contribution is -2.08. The van der Waals surface area contributed by atoms with Crippen LogP contribution in [0, 0.1) is 0 Å². The Balaban J connectivity index is 2.42. The molecule has 4 heteroatoms. The minimum absolute atomic E-state index is 0.376. The van der Waals surface area contributed by atoms with Gasteiger partial charge in [-0.2, -0.15) is 0 Å². The molecule has 2 N–H and O–H groups in total. The number of anilines is 1. The lowest BCUT2D eigenvalue weighted by Gasteiger charge is -2.15. The molecule has 2 rings (SSSR count). The van der Waals surface area contributed by atoms with Gasteiger partial charge in [-0.1, -0.05) is 31.4 Å². The van der Waals surface area contributed by atoms with Gasteiger partial charge in [0.15, 0.2) is 0 Å². The van der Waals surface area contributed by atoms with Crippen LogP contribution in [0.5, 0.6) is 0 Å². The number of halogens is 1. The van der Waals surface area contributed by atoms with Crippen molar-refractivity contribution in [3.63, 3.8) is 0 Å². The third-order valence-electron chi connectivity index (χ3n) is 3.10. The van der Waals surface area contributed by atoms with E-state index in [2.05, 4.69) is 23.4 Å². The van der Waals surface area contributed by atoms with Crippen molar-refractivity contribution in [1.29, 1.82) is 0 Å². The van der Waals surface area contributed by atoms with Crippen molar-refractivity contribution in [1.82, 2.24) is 9.55 Å². The summed E-state index contributed by atoms with van der Waals surface area (Å²) in [6.07, 6.45) is 3.52. The number of imidazole rings is 1. The molecule has 0 amide bonds. The number of nitrogen functional groups attached to an aromatic ring is 1. The number of aromatic nitrogens is 2. The minimum Gasteiger partial charge on any atom is -0.369 e. The maximum absolute atomic E-state index is 5.98. The molecule has 1 atom stereocenters. The molecule has 2 aromatic rings.